The number of anilines is 2. The predicted octanol–water partition coefficient (Wildman–Crippen LogP) is 1.93. The first-order chi connectivity index (χ1) is 13.2. The number of nitro groups is 1. The lowest BCUT2D eigenvalue weighted by Gasteiger charge is -2.34. The number of nitro benzene ring substituents is 1. The van der Waals surface area contributed by atoms with Crippen molar-refractivity contribution in [2.75, 3.05) is 42.7 Å². The van der Waals surface area contributed by atoms with Crippen LogP contribution in [0.25, 0.3) is 0 Å². The predicted molar refractivity (Wildman–Crippen MR) is 106 cm³/mol. The Labute approximate surface area is 162 Å². The lowest BCUT2D eigenvalue weighted by Crippen LogP contribution is -2.48. The molecule has 2 aromatic carbocycles. The molecule has 28 heavy (non-hydrogen) atoms. The third-order valence-electron chi connectivity index (χ3n) is 4.54. The van der Waals surface area contributed by atoms with Crippen LogP contribution in [0.1, 0.15) is 10.4 Å². The van der Waals surface area contributed by atoms with Gasteiger partial charge in [0, 0.05) is 55.2 Å². The molecule has 0 aliphatic carbocycles. The van der Waals surface area contributed by atoms with E-state index in [0.717, 1.165) is 5.69 Å². The highest BCUT2D eigenvalue weighted by atomic mass is 32.2. The van der Waals surface area contributed by atoms with Crippen LogP contribution in [0.15, 0.2) is 48.5 Å². The van der Waals surface area contributed by atoms with Crippen LogP contribution in [0.5, 0.6) is 0 Å². The summed E-state index contributed by atoms with van der Waals surface area (Å²) in [5.41, 5.74) is 1.80. The molecule has 0 spiro atoms. The highest BCUT2D eigenvalue weighted by Gasteiger charge is 2.23. The molecule has 0 saturated carbocycles. The molecule has 1 fully saturated rings. The molecule has 10 heteroatoms. The summed E-state index contributed by atoms with van der Waals surface area (Å²) in [4.78, 5) is 24.5. The molecule has 1 aliphatic rings. The molecule has 0 bridgehead atoms. The smallest absolute Gasteiger partial charge is 0.269 e. The maximum atomic E-state index is 12.3. The van der Waals surface area contributed by atoms with Crippen molar-refractivity contribution in [1.82, 2.24) is 4.31 Å². The molecule has 1 saturated heterocycles. The monoisotopic (exact) mass is 404 g/mol. The first kappa shape index (κ1) is 19.8. The minimum atomic E-state index is -3.16. The van der Waals surface area contributed by atoms with E-state index >= 15 is 0 Å². The Hall–Kier alpha value is -2.98. The Bertz CT molecular complexity index is 966. The van der Waals surface area contributed by atoms with Crippen LogP contribution in [-0.4, -0.2) is 56.0 Å². The van der Waals surface area contributed by atoms with Crippen LogP contribution in [0.2, 0.25) is 0 Å². The first-order valence-electron chi connectivity index (χ1n) is 8.60. The summed E-state index contributed by atoms with van der Waals surface area (Å²) in [7, 11) is -3.16. The fourth-order valence-corrected chi connectivity index (χ4v) is 3.80. The second kappa shape index (κ2) is 7.95. The second-order valence-electron chi connectivity index (χ2n) is 6.45. The Balaban J connectivity index is 1.60. The largest absolute Gasteiger partial charge is 0.369 e. The molecule has 1 N–H and O–H groups in total. The minimum absolute atomic E-state index is 0.0723. The SMILES string of the molecule is CS(=O)(=O)N1CCN(c2ccc(NC(=O)c3ccc([N+](=O)[O-])cc3)cc2)CC1. The van der Waals surface area contributed by atoms with Gasteiger partial charge in [0.25, 0.3) is 11.6 Å². The number of non-ortho nitro benzene ring substituents is 1. The normalized spacial score (nSPS) is 15.2. The van der Waals surface area contributed by atoms with E-state index in [4.69, 9.17) is 0 Å². The van der Waals surface area contributed by atoms with Crippen LogP contribution < -0.4 is 10.2 Å². The topological polar surface area (TPSA) is 113 Å². The molecule has 1 amide bonds. The zero-order valence-corrected chi connectivity index (χ0v) is 16.1. The quantitative estimate of drug-likeness (QED) is 0.602. The van der Waals surface area contributed by atoms with Gasteiger partial charge in [-0.25, -0.2) is 8.42 Å². The van der Waals surface area contributed by atoms with Crippen molar-refractivity contribution in [3.05, 3.63) is 64.2 Å². The van der Waals surface area contributed by atoms with E-state index in [-0.39, 0.29) is 11.6 Å². The number of carbonyl (C=O) groups is 1. The van der Waals surface area contributed by atoms with Crippen molar-refractivity contribution in [3.63, 3.8) is 0 Å². The highest BCUT2D eigenvalue weighted by molar-refractivity contribution is 7.88. The number of carbonyl (C=O) groups excluding carboxylic acids is 1. The van der Waals surface area contributed by atoms with E-state index < -0.39 is 14.9 Å². The molecular formula is C18H20N4O5S. The maximum absolute atomic E-state index is 12.3. The average Bonchev–Trinajstić information content (AvgIpc) is 2.68. The van der Waals surface area contributed by atoms with Gasteiger partial charge in [0.15, 0.2) is 0 Å². The number of nitrogens with zero attached hydrogens (tertiary/aromatic N) is 3. The first-order valence-corrected chi connectivity index (χ1v) is 10.4. The molecule has 1 heterocycles. The number of hydrogen-bond donors (Lipinski definition) is 1. The van der Waals surface area contributed by atoms with Crippen LogP contribution in [0.4, 0.5) is 17.1 Å². The van der Waals surface area contributed by atoms with E-state index in [0.29, 0.717) is 37.4 Å². The summed E-state index contributed by atoms with van der Waals surface area (Å²) in [5.74, 6) is -0.357. The standard InChI is InChI=1S/C18H20N4O5S/c1-28(26,27)21-12-10-20(11-13-21)16-8-4-15(5-9-16)19-18(23)14-2-6-17(7-3-14)22(24)25/h2-9H,10-13H2,1H3,(H,19,23). The van der Waals surface area contributed by atoms with Crippen molar-refractivity contribution in [3.8, 4) is 0 Å². The van der Waals surface area contributed by atoms with Crippen LogP contribution in [0, 0.1) is 10.1 Å². The molecule has 1 aliphatic heterocycles. The molecule has 9 nitrogen and oxygen atoms in total. The van der Waals surface area contributed by atoms with Gasteiger partial charge in [-0.1, -0.05) is 0 Å². The summed E-state index contributed by atoms with van der Waals surface area (Å²) in [6.45, 7) is 2.08. The van der Waals surface area contributed by atoms with Crippen LogP contribution in [-0.2, 0) is 10.0 Å². The molecular weight excluding hydrogens is 384 g/mol. The number of piperazine rings is 1. The fourth-order valence-electron chi connectivity index (χ4n) is 2.97. The third-order valence-corrected chi connectivity index (χ3v) is 5.84. The van der Waals surface area contributed by atoms with Gasteiger partial charge in [0.2, 0.25) is 10.0 Å². The van der Waals surface area contributed by atoms with Crippen molar-refractivity contribution in [2.45, 2.75) is 0 Å². The van der Waals surface area contributed by atoms with Gasteiger partial charge < -0.3 is 10.2 Å². The van der Waals surface area contributed by atoms with Gasteiger partial charge in [-0.15, -0.1) is 0 Å². The average molecular weight is 404 g/mol. The summed E-state index contributed by atoms with van der Waals surface area (Å²) in [6, 6.07) is 12.6. The number of nitrogens with one attached hydrogen (secondary N) is 1. The number of amides is 1. The van der Waals surface area contributed by atoms with E-state index in [1.807, 2.05) is 12.1 Å². The van der Waals surface area contributed by atoms with Gasteiger partial charge in [-0.2, -0.15) is 4.31 Å². The lowest BCUT2D eigenvalue weighted by molar-refractivity contribution is -0.384. The zero-order valence-electron chi connectivity index (χ0n) is 15.2. The number of benzene rings is 2. The van der Waals surface area contributed by atoms with Crippen molar-refractivity contribution >= 4 is 33.0 Å². The minimum Gasteiger partial charge on any atom is -0.369 e. The zero-order chi connectivity index (χ0) is 20.3. The molecule has 0 aromatic heterocycles. The highest BCUT2D eigenvalue weighted by Crippen LogP contribution is 2.21. The summed E-state index contributed by atoms with van der Waals surface area (Å²) >= 11 is 0. The molecule has 0 atom stereocenters. The Morgan fingerprint density at radius 2 is 1.57 bits per heavy atom. The Kier molecular flexibility index (Phi) is 5.61. The number of sulfonamides is 1. The van der Waals surface area contributed by atoms with Crippen LogP contribution >= 0.6 is 0 Å². The molecule has 148 valence electrons. The summed E-state index contributed by atoms with van der Waals surface area (Å²) in [6.07, 6.45) is 1.21. The molecule has 2 aromatic rings. The third kappa shape index (κ3) is 4.65. The van der Waals surface area contributed by atoms with Crippen molar-refractivity contribution < 1.29 is 18.1 Å². The summed E-state index contributed by atoms with van der Waals surface area (Å²) < 4.78 is 24.6. The van der Waals surface area contributed by atoms with E-state index in [2.05, 4.69) is 10.2 Å². The Morgan fingerprint density at radius 3 is 2.07 bits per heavy atom. The van der Waals surface area contributed by atoms with E-state index in [9.17, 15) is 23.3 Å². The van der Waals surface area contributed by atoms with Gasteiger partial charge in [-0.05, 0) is 36.4 Å². The molecule has 0 unspecified atom stereocenters. The van der Waals surface area contributed by atoms with Crippen molar-refractivity contribution in [1.29, 1.82) is 0 Å². The van der Waals surface area contributed by atoms with Gasteiger partial charge in [0.05, 0.1) is 11.2 Å². The van der Waals surface area contributed by atoms with Gasteiger partial charge >= 0.3 is 0 Å². The fraction of sp³-hybridized carbons (Fsp3) is 0.278. The van der Waals surface area contributed by atoms with E-state index in [1.54, 1.807) is 12.1 Å². The maximum Gasteiger partial charge on any atom is 0.269 e. The molecule has 3 rings (SSSR count). The second-order valence-corrected chi connectivity index (χ2v) is 8.44. The number of hydrogen-bond acceptors (Lipinski definition) is 6. The van der Waals surface area contributed by atoms with E-state index in [1.165, 1.54) is 34.8 Å². The number of rotatable bonds is 5. The lowest BCUT2D eigenvalue weighted by atomic mass is 10.2. The van der Waals surface area contributed by atoms with Crippen LogP contribution in [0.3, 0.4) is 0 Å². The Morgan fingerprint density at radius 1 is 1.00 bits per heavy atom. The summed E-state index contributed by atoms with van der Waals surface area (Å²) in [5, 5.41) is 13.4. The van der Waals surface area contributed by atoms with Gasteiger partial charge in [-0.3, -0.25) is 14.9 Å². The molecule has 0 radical (unpaired) electrons. The van der Waals surface area contributed by atoms with Gasteiger partial charge in [0.1, 0.15) is 0 Å². The van der Waals surface area contributed by atoms with Crippen molar-refractivity contribution in [2.24, 2.45) is 0 Å².